The van der Waals surface area contributed by atoms with Gasteiger partial charge in [0.25, 0.3) is 0 Å². The van der Waals surface area contributed by atoms with Crippen molar-refractivity contribution in [2.24, 2.45) is 5.92 Å². The molecule has 0 bridgehead atoms. The van der Waals surface area contributed by atoms with E-state index in [0.29, 0.717) is 13.2 Å². The van der Waals surface area contributed by atoms with Crippen molar-refractivity contribution < 1.29 is 9.53 Å². The Morgan fingerprint density at radius 3 is 2.86 bits per heavy atom. The number of carbonyl (C=O) groups excluding carboxylic acids is 1. The number of ether oxygens (including phenoxy) is 1. The molecule has 1 amide bonds. The average Bonchev–Trinajstić information content (AvgIpc) is 2.51. The van der Waals surface area contributed by atoms with Crippen LogP contribution in [0.5, 0.6) is 5.75 Å². The Hall–Kier alpha value is -1.47. The molecule has 1 fully saturated rings. The second-order valence-electron chi connectivity index (χ2n) is 5.15. The van der Waals surface area contributed by atoms with E-state index in [2.05, 4.69) is 33.1 Å². The molecule has 0 aliphatic heterocycles. The standard InChI is InChI=1S/C17H20BrNO2/c18-15-9-6-10-16(13-15)21-12-5-4-11-19-17(20)14-7-2-1-3-8-14/h6,9-10,13-14H,1-3,7-8,11-12H2,(H,19,20). The van der Waals surface area contributed by atoms with E-state index in [9.17, 15) is 4.79 Å². The van der Waals surface area contributed by atoms with Crippen LogP contribution >= 0.6 is 15.9 Å². The highest BCUT2D eigenvalue weighted by molar-refractivity contribution is 9.10. The normalized spacial score (nSPS) is 14.9. The van der Waals surface area contributed by atoms with Gasteiger partial charge in [0, 0.05) is 10.4 Å². The summed E-state index contributed by atoms with van der Waals surface area (Å²) < 4.78 is 6.47. The van der Waals surface area contributed by atoms with Crippen LogP contribution in [0, 0.1) is 17.8 Å². The van der Waals surface area contributed by atoms with Crippen LogP contribution in [0.4, 0.5) is 0 Å². The Morgan fingerprint density at radius 1 is 1.29 bits per heavy atom. The average molecular weight is 350 g/mol. The van der Waals surface area contributed by atoms with Gasteiger partial charge in [-0.2, -0.15) is 0 Å². The number of benzene rings is 1. The number of amides is 1. The van der Waals surface area contributed by atoms with Crippen molar-refractivity contribution in [3.63, 3.8) is 0 Å². The van der Waals surface area contributed by atoms with Gasteiger partial charge in [0.15, 0.2) is 0 Å². The Morgan fingerprint density at radius 2 is 2.10 bits per heavy atom. The smallest absolute Gasteiger partial charge is 0.223 e. The Kier molecular flexibility index (Phi) is 6.62. The predicted molar refractivity (Wildman–Crippen MR) is 87.0 cm³/mol. The summed E-state index contributed by atoms with van der Waals surface area (Å²) in [4.78, 5) is 11.9. The van der Waals surface area contributed by atoms with Crippen LogP contribution in [0.15, 0.2) is 28.7 Å². The lowest BCUT2D eigenvalue weighted by molar-refractivity contribution is -0.125. The molecule has 0 aromatic heterocycles. The summed E-state index contributed by atoms with van der Waals surface area (Å²) in [5, 5.41) is 2.88. The maximum absolute atomic E-state index is 11.9. The largest absolute Gasteiger partial charge is 0.481 e. The molecule has 1 aliphatic carbocycles. The predicted octanol–water partition coefficient (Wildman–Crippen LogP) is 3.53. The van der Waals surface area contributed by atoms with Crippen molar-refractivity contribution in [3.8, 4) is 17.6 Å². The Bertz CT molecular complexity index is 527. The highest BCUT2D eigenvalue weighted by Crippen LogP contribution is 2.23. The van der Waals surface area contributed by atoms with Gasteiger partial charge in [-0.15, -0.1) is 0 Å². The fraction of sp³-hybridized carbons (Fsp3) is 0.471. The minimum atomic E-state index is 0.150. The van der Waals surface area contributed by atoms with Gasteiger partial charge >= 0.3 is 0 Å². The molecule has 1 N–H and O–H groups in total. The first-order chi connectivity index (χ1) is 10.3. The summed E-state index contributed by atoms with van der Waals surface area (Å²) in [5.74, 6) is 6.96. The van der Waals surface area contributed by atoms with Gasteiger partial charge in [-0.1, -0.05) is 53.1 Å². The van der Waals surface area contributed by atoms with Gasteiger partial charge in [-0.05, 0) is 31.0 Å². The van der Waals surface area contributed by atoms with Crippen LogP contribution in [0.25, 0.3) is 0 Å². The molecule has 1 aliphatic rings. The lowest BCUT2D eigenvalue weighted by atomic mass is 9.89. The third-order valence-corrected chi connectivity index (χ3v) is 4.05. The fourth-order valence-corrected chi connectivity index (χ4v) is 2.81. The molecule has 1 saturated carbocycles. The number of nitrogens with one attached hydrogen (secondary N) is 1. The van der Waals surface area contributed by atoms with Gasteiger partial charge in [0.1, 0.15) is 12.4 Å². The third kappa shape index (κ3) is 5.81. The summed E-state index contributed by atoms with van der Waals surface area (Å²) in [6.07, 6.45) is 5.64. The van der Waals surface area contributed by atoms with E-state index in [4.69, 9.17) is 4.74 Å². The summed E-state index contributed by atoms with van der Waals surface area (Å²) in [7, 11) is 0. The van der Waals surface area contributed by atoms with Crippen molar-refractivity contribution in [2.45, 2.75) is 32.1 Å². The lowest BCUT2D eigenvalue weighted by Gasteiger charge is -2.19. The molecule has 1 aromatic carbocycles. The second-order valence-corrected chi connectivity index (χ2v) is 6.07. The number of halogens is 1. The van der Waals surface area contributed by atoms with Gasteiger partial charge in [0.05, 0.1) is 6.54 Å². The number of hydrogen-bond donors (Lipinski definition) is 1. The first-order valence-corrected chi connectivity index (χ1v) is 8.17. The molecule has 2 rings (SSSR count). The SMILES string of the molecule is O=C(NCC#CCOc1cccc(Br)c1)C1CCCCC1. The van der Waals surface area contributed by atoms with Crippen molar-refractivity contribution in [1.29, 1.82) is 0 Å². The number of carbonyl (C=O) groups is 1. The van der Waals surface area contributed by atoms with Gasteiger partial charge in [-0.25, -0.2) is 0 Å². The van der Waals surface area contributed by atoms with E-state index < -0.39 is 0 Å². The van der Waals surface area contributed by atoms with Crippen molar-refractivity contribution in [2.75, 3.05) is 13.2 Å². The van der Waals surface area contributed by atoms with Gasteiger partial charge < -0.3 is 10.1 Å². The lowest BCUT2D eigenvalue weighted by Crippen LogP contribution is -2.32. The molecule has 4 heteroatoms. The van der Waals surface area contributed by atoms with E-state index in [1.54, 1.807) is 0 Å². The van der Waals surface area contributed by atoms with E-state index >= 15 is 0 Å². The molecule has 3 nitrogen and oxygen atoms in total. The molecule has 0 unspecified atom stereocenters. The topological polar surface area (TPSA) is 38.3 Å². The minimum Gasteiger partial charge on any atom is -0.481 e. The van der Waals surface area contributed by atoms with Crippen LogP contribution in [0.3, 0.4) is 0 Å². The first-order valence-electron chi connectivity index (χ1n) is 7.37. The van der Waals surface area contributed by atoms with Crippen molar-refractivity contribution in [3.05, 3.63) is 28.7 Å². The molecule has 0 atom stereocenters. The molecule has 1 aromatic rings. The summed E-state index contributed by atoms with van der Waals surface area (Å²) >= 11 is 3.39. The molecule has 0 saturated heterocycles. The zero-order chi connectivity index (χ0) is 14.9. The summed E-state index contributed by atoms with van der Waals surface area (Å²) in [6, 6.07) is 7.64. The highest BCUT2D eigenvalue weighted by atomic mass is 79.9. The van der Waals surface area contributed by atoms with Crippen LogP contribution in [0.2, 0.25) is 0 Å². The maximum Gasteiger partial charge on any atom is 0.223 e. The monoisotopic (exact) mass is 349 g/mol. The first kappa shape index (κ1) is 15.9. The molecule has 0 radical (unpaired) electrons. The van der Waals surface area contributed by atoms with Crippen LogP contribution < -0.4 is 10.1 Å². The maximum atomic E-state index is 11.9. The molecule has 0 heterocycles. The van der Waals surface area contributed by atoms with Gasteiger partial charge in [0.2, 0.25) is 5.91 Å². The summed E-state index contributed by atoms with van der Waals surface area (Å²) in [5.41, 5.74) is 0. The quantitative estimate of drug-likeness (QED) is 0.844. The van der Waals surface area contributed by atoms with E-state index in [1.165, 1.54) is 19.3 Å². The molecule has 21 heavy (non-hydrogen) atoms. The van der Waals surface area contributed by atoms with Gasteiger partial charge in [-0.3, -0.25) is 4.79 Å². The van der Waals surface area contributed by atoms with Crippen molar-refractivity contribution in [1.82, 2.24) is 5.32 Å². The fourth-order valence-electron chi connectivity index (χ4n) is 2.43. The Balaban J connectivity index is 1.63. The Labute approximate surface area is 134 Å². The van der Waals surface area contributed by atoms with E-state index in [1.807, 2.05) is 24.3 Å². The zero-order valence-electron chi connectivity index (χ0n) is 12.0. The highest BCUT2D eigenvalue weighted by Gasteiger charge is 2.19. The molecule has 112 valence electrons. The number of hydrogen-bond acceptors (Lipinski definition) is 2. The molecular formula is C17H20BrNO2. The summed E-state index contributed by atoms with van der Waals surface area (Å²) in [6.45, 7) is 0.729. The van der Waals surface area contributed by atoms with E-state index in [0.717, 1.165) is 23.1 Å². The second kappa shape index (κ2) is 8.74. The van der Waals surface area contributed by atoms with Crippen LogP contribution in [-0.2, 0) is 4.79 Å². The zero-order valence-corrected chi connectivity index (χ0v) is 13.6. The minimum absolute atomic E-state index is 0.150. The van der Waals surface area contributed by atoms with Crippen molar-refractivity contribution >= 4 is 21.8 Å². The van der Waals surface area contributed by atoms with Crippen LogP contribution in [-0.4, -0.2) is 19.1 Å². The van der Waals surface area contributed by atoms with E-state index in [-0.39, 0.29) is 11.8 Å². The molecular weight excluding hydrogens is 330 g/mol. The van der Waals surface area contributed by atoms with Crippen LogP contribution in [0.1, 0.15) is 32.1 Å². The number of rotatable bonds is 4. The molecule has 0 spiro atoms. The third-order valence-electron chi connectivity index (χ3n) is 3.56.